The third kappa shape index (κ3) is 5.55. The molecule has 2 aromatic carbocycles. The summed E-state index contributed by atoms with van der Waals surface area (Å²) in [6.45, 7) is 0. The summed E-state index contributed by atoms with van der Waals surface area (Å²) in [5.74, 6) is -1.52. The summed E-state index contributed by atoms with van der Waals surface area (Å²) in [6.07, 6.45) is -4.99. The molecule has 0 atom stereocenters. The molecular weight excluding hydrogens is 382 g/mol. The monoisotopic (exact) mass is 391 g/mol. The Labute approximate surface area is 137 Å². The van der Waals surface area contributed by atoms with Crippen LogP contribution in [-0.4, -0.2) is 12.3 Å². The molecule has 0 aliphatic rings. The third-order valence-corrected chi connectivity index (χ3v) is 3.21. The number of hydrogen-bond donors (Lipinski definition) is 1. The van der Waals surface area contributed by atoms with E-state index in [9.17, 15) is 22.4 Å². The molecule has 23 heavy (non-hydrogen) atoms. The Morgan fingerprint density at radius 2 is 1.78 bits per heavy atom. The molecule has 0 unspecified atom stereocenters. The predicted molar refractivity (Wildman–Crippen MR) is 79.6 cm³/mol. The molecule has 8 heteroatoms. The molecule has 0 heterocycles. The second-order valence-electron chi connectivity index (χ2n) is 4.54. The number of ether oxygens (including phenoxy) is 1. The minimum atomic E-state index is -4.88. The van der Waals surface area contributed by atoms with E-state index in [-0.39, 0.29) is 12.1 Å². The van der Waals surface area contributed by atoms with Gasteiger partial charge in [0.15, 0.2) is 5.75 Å². The first-order valence-corrected chi connectivity index (χ1v) is 7.12. The number of alkyl halides is 3. The van der Waals surface area contributed by atoms with E-state index < -0.39 is 23.8 Å². The molecule has 122 valence electrons. The number of halogens is 5. The molecule has 0 radical (unpaired) electrons. The van der Waals surface area contributed by atoms with Crippen LogP contribution in [0.4, 0.5) is 23.2 Å². The number of carbonyl (C=O) groups excluding carboxylic acids is 1. The maximum atomic E-state index is 12.8. The first kappa shape index (κ1) is 17.3. The number of hydrogen-bond acceptors (Lipinski definition) is 2. The van der Waals surface area contributed by atoms with E-state index in [1.54, 1.807) is 0 Å². The van der Waals surface area contributed by atoms with Gasteiger partial charge in [-0.15, -0.1) is 13.2 Å². The highest BCUT2D eigenvalue weighted by atomic mass is 79.9. The van der Waals surface area contributed by atoms with Gasteiger partial charge in [0.05, 0.1) is 12.1 Å². The first-order valence-electron chi connectivity index (χ1n) is 6.32. The van der Waals surface area contributed by atoms with E-state index in [0.717, 1.165) is 6.07 Å². The van der Waals surface area contributed by atoms with Crippen LogP contribution in [0.5, 0.6) is 5.75 Å². The molecule has 0 aromatic heterocycles. The zero-order chi connectivity index (χ0) is 17.0. The van der Waals surface area contributed by atoms with Crippen molar-refractivity contribution >= 4 is 27.5 Å². The number of amides is 1. The van der Waals surface area contributed by atoms with Crippen LogP contribution in [-0.2, 0) is 11.2 Å². The van der Waals surface area contributed by atoms with Gasteiger partial charge in [-0.3, -0.25) is 4.79 Å². The SMILES string of the molecule is O=C(Cc1ccc(F)cc1)Nc1ccc(Br)cc1OC(F)(F)F. The smallest absolute Gasteiger partial charge is 0.404 e. The molecule has 0 saturated heterocycles. The van der Waals surface area contributed by atoms with E-state index in [4.69, 9.17) is 0 Å². The van der Waals surface area contributed by atoms with E-state index in [1.165, 1.54) is 36.4 Å². The molecule has 0 saturated carbocycles. The average molecular weight is 392 g/mol. The Morgan fingerprint density at radius 3 is 2.39 bits per heavy atom. The topological polar surface area (TPSA) is 38.3 Å². The quantitative estimate of drug-likeness (QED) is 0.769. The molecule has 0 fully saturated rings. The van der Waals surface area contributed by atoms with Crippen LogP contribution < -0.4 is 10.1 Å². The summed E-state index contributed by atoms with van der Waals surface area (Å²) in [6, 6.07) is 9.08. The predicted octanol–water partition coefficient (Wildman–Crippen LogP) is 4.67. The van der Waals surface area contributed by atoms with Crippen molar-refractivity contribution in [3.8, 4) is 5.75 Å². The van der Waals surface area contributed by atoms with E-state index in [2.05, 4.69) is 26.0 Å². The lowest BCUT2D eigenvalue weighted by Crippen LogP contribution is -2.20. The molecule has 2 aromatic rings. The highest BCUT2D eigenvalue weighted by molar-refractivity contribution is 9.10. The fraction of sp³-hybridized carbons (Fsp3) is 0.133. The minimum absolute atomic E-state index is 0.109. The van der Waals surface area contributed by atoms with Gasteiger partial charge in [-0.1, -0.05) is 28.1 Å². The Morgan fingerprint density at radius 1 is 1.13 bits per heavy atom. The summed E-state index contributed by atoms with van der Waals surface area (Å²) in [4.78, 5) is 11.9. The Hall–Kier alpha value is -2.09. The van der Waals surface area contributed by atoms with Gasteiger partial charge in [0.25, 0.3) is 0 Å². The van der Waals surface area contributed by atoms with Crippen molar-refractivity contribution in [2.24, 2.45) is 0 Å². The highest BCUT2D eigenvalue weighted by Gasteiger charge is 2.32. The van der Waals surface area contributed by atoms with Gasteiger partial charge in [-0.2, -0.15) is 0 Å². The van der Waals surface area contributed by atoms with Crippen molar-refractivity contribution in [2.45, 2.75) is 12.8 Å². The van der Waals surface area contributed by atoms with Crippen LogP contribution in [0.1, 0.15) is 5.56 Å². The van der Waals surface area contributed by atoms with Crippen LogP contribution in [0.25, 0.3) is 0 Å². The highest BCUT2D eigenvalue weighted by Crippen LogP contribution is 2.33. The maximum Gasteiger partial charge on any atom is 0.573 e. The Kier molecular flexibility index (Phi) is 5.25. The van der Waals surface area contributed by atoms with Crippen LogP contribution in [0.15, 0.2) is 46.9 Å². The van der Waals surface area contributed by atoms with Crippen LogP contribution >= 0.6 is 15.9 Å². The lowest BCUT2D eigenvalue weighted by molar-refractivity contribution is -0.274. The van der Waals surface area contributed by atoms with E-state index in [1.807, 2.05) is 0 Å². The average Bonchev–Trinajstić information content (AvgIpc) is 2.43. The molecule has 1 N–H and O–H groups in total. The lowest BCUT2D eigenvalue weighted by Gasteiger charge is -2.14. The second kappa shape index (κ2) is 6.99. The largest absolute Gasteiger partial charge is 0.573 e. The van der Waals surface area contributed by atoms with Gasteiger partial charge in [0, 0.05) is 4.47 Å². The summed E-state index contributed by atoms with van der Waals surface area (Å²) < 4.78 is 54.2. The molecule has 0 spiro atoms. The van der Waals surface area contributed by atoms with E-state index in [0.29, 0.717) is 10.0 Å². The van der Waals surface area contributed by atoms with Crippen LogP contribution in [0.3, 0.4) is 0 Å². The summed E-state index contributed by atoms with van der Waals surface area (Å²) in [7, 11) is 0. The van der Waals surface area contributed by atoms with Gasteiger partial charge in [0.2, 0.25) is 5.91 Å². The van der Waals surface area contributed by atoms with Gasteiger partial charge in [-0.25, -0.2) is 4.39 Å². The van der Waals surface area contributed by atoms with Crippen molar-refractivity contribution < 1.29 is 27.1 Å². The van der Waals surface area contributed by atoms with Gasteiger partial charge >= 0.3 is 6.36 Å². The Bertz CT molecular complexity index is 702. The number of anilines is 1. The second-order valence-corrected chi connectivity index (χ2v) is 5.46. The summed E-state index contributed by atoms with van der Waals surface area (Å²) in [5, 5.41) is 2.34. The third-order valence-electron chi connectivity index (χ3n) is 2.72. The van der Waals surface area contributed by atoms with Crippen LogP contribution in [0.2, 0.25) is 0 Å². The van der Waals surface area contributed by atoms with Gasteiger partial charge in [0.1, 0.15) is 5.82 Å². The van der Waals surface area contributed by atoms with Crippen molar-refractivity contribution in [3.05, 3.63) is 58.3 Å². The fourth-order valence-electron chi connectivity index (χ4n) is 1.79. The number of rotatable bonds is 4. The molecule has 3 nitrogen and oxygen atoms in total. The molecule has 1 amide bonds. The van der Waals surface area contributed by atoms with Crippen molar-refractivity contribution in [1.82, 2.24) is 0 Å². The van der Waals surface area contributed by atoms with Crippen molar-refractivity contribution in [1.29, 1.82) is 0 Å². The lowest BCUT2D eigenvalue weighted by atomic mass is 10.1. The first-order chi connectivity index (χ1) is 10.7. The molecular formula is C15H10BrF4NO2. The fourth-order valence-corrected chi connectivity index (χ4v) is 2.13. The zero-order valence-corrected chi connectivity index (χ0v) is 13.0. The van der Waals surface area contributed by atoms with E-state index >= 15 is 0 Å². The standard InChI is InChI=1S/C15H10BrF4NO2/c16-10-3-6-12(13(8-10)23-15(18,19)20)21-14(22)7-9-1-4-11(17)5-2-9/h1-6,8H,7H2,(H,21,22). The number of benzene rings is 2. The number of carbonyl (C=O) groups is 1. The molecule has 0 aliphatic carbocycles. The van der Waals surface area contributed by atoms with Gasteiger partial charge in [-0.05, 0) is 35.9 Å². The summed E-state index contributed by atoms with van der Waals surface area (Å²) in [5.41, 5.74) is 0.414. The summed E-state index contributed by atoms with van der Waals surface area (Å²) >= 11 is 3.04. The van der Waals surface area contributed by atoms with Crippen molar-refractivity contribution in [3.63, 3.8) is 0 Å². The minimum Gasteiger partial charge on any atom is -0.404 e. The maximum absolute atomic E-state index is 12.8. The zero-order valence-electron chi connectivity index (χ0n) is 11.5. The molecule has 2 rings (SSSR count). The number of nitrogens with one attached hydrogen (secondary N) is 1. The molecule has 0 aliphatic heterocycles. The van der Waals surface area contributed by atoms with Crippen molar-refractivity contribution in [2.75, 3.05) is 5.32 Å². The normalized spacial score (nSPS) is 11.2. The van der Waals surface area contributed by atoms with Gasteiger partial charge < -0.3 is 10.1 Å². The molecule has 0 bridgehead atoms. The van der Waals surface area contributed by atoms with Crippen LogP contribution in [0, 0.1) is 5.82 Å². The Balaban J connectivity index is 2.12.